The van der Waals surface area contributed by atoms with Gasteiger partial charge in [-0.05, 0) is 0 Å². The molecular formula is C7H9INO-. The van der Waals surface area contributed by atoms with Crippen LogP contribution in [0.4, 0.5) is 0 Å². The van der Waals surface area contributed by atoms with Crippen LogP contribution in [0.1, 0.15) is 5.56 Å². The van der Waals surface area contributed by atoms with Crippen LogP contribution in [0.25, 0.3) is 0 Å². The Kier molecular flexibility index (Phi) is 3.08. The maximum atomic E-state index is 8.74. The number of hydrogen-bond acceptors (Lipinski definition) is 2. The van der Waals surface area contributed by atoms with Crippen LogP contribution in [0, 0.1) is 3.70 Å². The second-order valence-electron chi connectivity index (χ2n) is 1.83. The Balaban J connectivity index is 2.87. The zero-order valence-corrected chi connectivity index (χ0v) is 7.87. The minimum absolute atomic E-state index is 0.0642. The van der Waals surface area contributed by atoms with E-state index in [1.165, 1.54) is 0 Å². The fourth-order valence-corrected chi connectivity index (χ4v) is 1.80. The van der Waals surface area contributed by atoms with Gasteiger partial charge in [0, 0.05) is 0 Å². The minimum atomic E-state index is 0.0642. The molecule has 1 rings (SSSR count). The van der Waals surface area contributed by atoms with Crippen molar-refractivity contribution >= 4 is 0 Å². The van der Waals surface area contributed by atoms with E-state index in [2.05, 4.69) is 9.91 Å². The Morgan fingerprint density at radius 1 is 1.70 bits per heavy atom. The van der Waals surface area contributed by atoms with Crippen LogP contribution in [0.3, 0.4) is 0 Å². The van der Waals surface area contributed by atoms with Gasteiger partial charge < -0.3 is 0 Å². The van der Waals surface area contributed by atoms with Crippen molar-refractivity contribution < 1.29 is 26.3 Å². The molecule has 1 aromatic heterocycles. The molecule has 0 spiro atoms. The second-order valence-corrected chi connectivity index (χ2v) is 4.02. The fraction of sp³-hybridized carbons (Fsp3) is 0.286. The Bertz CT molecular complexity index is 195. The summed E-state index contributed by atoms with van der Waals surface area (Å²) in [6.45, 7) is 0.124. The predicted octanol–water partition coefficient (Wildman–Crippen LogP) is -2.54. The van der Waals surface area contributed by atoms with Crippen molar-refractivity contribution in [2.75, 3.05) is 4.93 Å². The van der Waals surface area contributed by atoms with Gasteiger partial charge in [0.15, 0.2) is 0 Å². The molecule has 56 valence electrons. The molecule has 1 aromatic rings. The Hall–Kier alpha value is -0.160. The molecule has 0 aromatic carbocycles. The zero-order valence-electron chi connectivity index (χ0n) is 5.71. The zero-order chi connectivity index (χ0) is 7.40. The molecule has 10 heavy (non-hydrogen) atoms. The number of pyridine rings is 1. The summed E-state index contributed by atoms with van der Waals surface area (Å²) in [4.78, 5) is 6.30. The molecule has 1 heterocycles. The molecule has 0 radical (unpaired) electrons. The van der Waals surface area contributed by atoms with Gasteiger partial charge in [0.2, 0.25) is 0 Å². The van der Waals surface area contributed by atoms with Crippen LogP contribution >= 0.6 is 0 Å². The molecule has 0 atom stereocenters. The third kappa shape index (κ3) is 1.91. The van der Waals surface area contributed by atoms with Gasteiger partial charge in [-0.3, -0.25) is 0 Å². The van der Waals surface area contributed by atoms with Crippen LogP contribution in [0.2, 0.25) is 0 Å². The standard InChI is InChI=1S/C7H9INO/c1-8-7-4-6(5-10)2-3-9-7/h2-4,10H,5H2,1H3/q-1. The number of aromatic nitrogens is 1. The monoisotopic (exact) mass is 250 g/mol. The average Bonchev–Trinajstić information content (AvgIpc) is 2.05. The average molecular weight is 250 g/mol. The van der Waals surface area contributed by atoms with Crippen LogP contribution < -0.4 is 21.2 Å². The molecule has 0 saturated carbocycles. The normalized spacial score (nSPS) is 10.2. The van der Waals surface area contributed by atoms with Crippen LogP contribution in [-0.4, -0.2) is 15.0 Å². The third-order valence-electron chi connectivity index (χ3n) is 1.17. The van der Waals surface area contributed by atoms with E-state index in [0.717, 1.165) is 9.26 Å². The summed E-state index contributed by atoms with van der Waals surface area (Å²) in [5, 5.41) is 8.74. The first-order valence-electron chi connectivity index (χ1n) is 2.92. The van der Waals surface area contributed by atoms with Crippen LogP contribution in [0.5, 0.6) is 0 Å². The van der Waals surface area contributed by atoms with E-state index in [0.29, 0.717) is 0 Å². The Morgan fingerprint density at radius 2 is 2.50 bits per heavy atom. The molecule has 0 aliphatic rings. The van der Waals surface area contributed by atoms with Gasteiger partial charge in [0.1, 0.15) is 0 Å². The van der Waals surface area contributed by atoms with Gasteiger partial charge >= 0.3 is 70.4 Å². The molecular weight excluding hydrogens is 241 g/mol. The molecule has 0 amide bonds. The molecule has 0 unspecified atom stereocenters. The van der Waals surface area contributed by atoms with E-state index in [1.54, 1.807) is 6.20 Å². The van der Waals surface area contributed by atoms with Gasteiger partial charge in [-0.25, -0.2) is 0 Å². The van der Waals surface area contributed by atoms with Gasteiger partial charge in [0.05, 0.1) is 0 Å². The van der Waals surface area contributed by atoms with Crippen molar-refractivity contribution in [3.05, 3.63) is 27.6 Å². The van der Waals surface area contributed by atoms with Crippen LogP contribution in [-0.2, 0) is 6.61 Å². The molecule has 0 bridgehead atoms. The number of rotatable bonds is 2. The molecule has 0 aliphatic heterocycles. The van der Waals surface area contributed by atoms with Crippen molar-refractivity contribution in [1.82, 2.24) is 4.98 Å². The van der Waals surface area contributed by atoms with Gasteiger partial charge in [-0.1, -0.05) is 0 Å². The molecule has 0 fully saturated rings. The quantitative estimate of drug-likeness (QED) is 0.356. The maximum absolute atomic E-state index is 8.74. The van der Waals surface area contributed by atoms with E-state index in [-0.39, 0.29) is 27.8 Å². The summed E-state index contributed by atoms with van der Waals surface area (Å²) in [6, 6.07) is 3.80. The molecule has 3 heteroatoms. The molecule has 0 saturated heterocycles. The fourth-order valence-electron chi connectivity index (χ4n) is 0.644. The summed E-state index contributed by atoms with van der Waals surface area (Å²) < 4.78 is 1.14. The number of alkyl halides is 1. The summed E-state index contributed by atoms with van der Waals surface area (Å²) in [5.41, 5.74) is 0.964. The third-order valence-corrected chi connectivity index (χ3v) is 2.86. The summed E-state index contributed by atoms with van der Waals surface area (Å²) >= 11 is 0.0642. The van der Waals surface area contributed by atoms with Crippen molar-refractivity contribution in [1.29, 1.82) is 0 Å². The van der Waals surface area contributed by atoms with E-state index < -0.39 is 0 Å². The van der Waals surface area contributed by atoms with E-state index in [1.807, 2.05) is 12.1 Å². The van der Waals surface area contributed by atoms with Gasteiger partial charge in [0.25, 0.3) is 0 Å². The van der Waals surface area contributed by atoms with Gasteiger partial charge in [-0.2, -0.15) is 0 Å². The van der Waals surface area contributed by atoms with Crippen molar-refractivity contribution in [3.8, 4) is 0 Å². The molecule has 0 aliphatic carbocycles. The molecule has 1 N–H and O–H groups in total. The van der Waals surface area contributed by atoms with E-state index in [9.17, 15) is 0 Å². The Morgan fingerprint density at radius 3 is 3.10 bits per heavy atom. The first kappa shape index (κ1) is 7.94. The summed E-state index contributed by atoms with van der Waals surface area (Å²) in [6.07, 6.45) is 1.75. The Labute approximate surface area is 70.6 Å². The predicted molar refractivity (Wildman–Crippen MR) is 34.8 cm³/mol. The number of hydrogen-bond donors (Lipinski definition) is 1. The molecule has 2 nitrogen and oxygen atoms in total. The number of nitrogens with zero attached hydrogens (tertiary/aromatic N) is 1. The van der Waals surface area contributed by atoms with E-state index in [4.69, 9.17) is 5.11 Å². The summed E-state index contributed by atoms with van der Waals surface area (Å²) in [5.74, 6) is 0. The SMILES string of the molecule is C[I-]c1cc(CO)ccn1. The first-order chi connectivity index (χ1) is 4.86. The van der Waals surface area contributed by atoms with Gasteiger partial charge in [-0.15, -0.1) is 0 Å². The second kappa shape index (κ2) is 3.88. The van der Waals surface area contributed by atoms with E-state index >= 15 is 0 Å². The van der Waals surface area contributed by atoms with Crippen molar-refractivity contribution in [2.24, 2.45) is 0 Å². The number of aliphatic hydroxyl groups is 1. The summed E-state index contributed by atoms with van der Waals surface area (Å²) in [7, 11) is 0. The number of halogens is 1. The van der Waals surface area contributed by atoms with Crippen molar-refractivity contribution in [3.63, 3.8) is 0 Å². The number of aliphatic hydroxyl groups excluding tert-OH is 1. The topological polar surface area (TPSA) is 33.1 Å². The first-order valence-corrected chi connectivity index (χ1v) is 6.15. The van der Waals surface area contributed by atoms with Crippen molar-refractivity contribution in [2.45, 2.75) is 6.61 Å². The van der Waals surface area contributed by atoms with Crippen LogP contribution in [0.15, 0.2) is 18.3 Å².